The predicted molar refractivity (Wildman–Crippen MR) is 136 cm³/mol. The number of nitrogens with one attached hydrogen (secondary N) is 1. The molecule has 1 unspecified atom stereocenters. The highest BCUT2D eigenvalue weighted by atomic mass is 79.9. The lowest BCUT2D eigenvalue weighted by Crippen LogP contribution is -2.35. The van der Waals surface area contributed by atoms with Crippen molar-refractivity contribution in [3.05, 3.63) is 101 Å². The van der Waals surface area contributed by atoms with E-state index < -0.39 is 5.97 Å². The Hall–Kier alpha value is -3.36. The number of hydrogen-bond donors (Lipinski definition) is 2. The zero-order chi connectivity index (χ0) is 23.4. The van der Waals surface area contributed by atoms with Crippen molar-refractivity contribution in [2.24, 2.45) is 0 Å². The van der Waals surface area contributed by atoms with Crippen LogP contribution in [0.5, 0.6) is 5.75 Å². The number of nitrogens with zero attached hydrogens (tertiary/aromatic N) is 2. The lowest BCUT2D eigenvalue weighted by atomic mass is 10.1. The molecule has 0 aliphatic rings. The number of amides is 2. The maximum Gasteiger partial charge on any atom is 0.362 e. The van der Waals surface area contributed by atoms with Crippen LogP contribution in [0.2, 0.25) is 0 Å². The fraction of sp³-hybridized carbons (Fsp3) is 0.0800. The van der Waals surface area contributed by atoms with Gasteiger partial charge in [0.05, 0.1) is 11.7 Å². The summed E-state index contributed by atoms with van der Waals surface area (Å²) in [6.45, 7) is 1.89. The van der Waals surface area contributed by atoms with E-state index in [9.17, 15) is 9.59 Å². The Labute approximate surface area is 205 Å². The Morgan fingerprint density at radius 3 is 2.36 bits per heavy atom. The second-order valence-corrected chi connectivity index (χ2v) is 8.65. The van der Waals surface area contributed by atoms with Crippen molar-refractivity contribution in [2.75, 3.05) is 4.31 Å². The number of carbonyl (C=O) groups is 2. The van der Waals surface area contributed by atoms with E-state index in [1.54, 1.807) is 36.5 Å². The van der Waals surface area contributed by atoms with Crippen molar-refractivity contribution < 1.29 is 14.3 Å². The summed E-state index contributed by atoms with van der Waals surface area (Å²) in [5, 5.41) is 4.75. The number of urea groups is 1. The van der Waals surface area contributed by atoms with Gasteiger partial charge >= 0.3 is 12.0 Å². The first-order valence-corrected chi connectivity index (χ1v) is 11.3. The van der Waals surface area contributed by atoms with Crippen LogP contribution in [0, 0.1) is 0 Å². The van der Waals surface area contributed by atoms with E-state index in [1.807, 2.05) is 55.5 Å². The number of ether oxygens (including phenoxy) is 1. The molecule has 8 heteroatoms. The fourth-order valence-corrected chi connectivity index (χ4v) is 3.66. The number of aromatic nitrogens is 1. The molecule has 0 aliphatic heterocycles. The Balaban J connectivity index is 1.38. The van der Waals surface area contributed by atoms with Gasteiger partial charge in [-0.1, -0.05) is 65.1 Å². The van der Waals surface area contributed by atoms with Crippen molar-refractivity contribution >= 4 is 57.2 Å². The lowest BCUT2D eigenvalue weighted by molar-refractivity contribution is 0.0729. The van der Waals surface area contributed by atoms with Crippen molar-refractivity contribution in [1.29, 1.82) is 0 Å². The highest BCUT2D eigenvalue weighted by Gasteiger charge is 2.17. The topological polar surface area (TPSA) is 71.5 Å². The number of benzene rings is 3. The summed E-state index contributed by atoms with van der Waals surface area (Å²) in [6, 6.07) is 23.0. The minimum absolute atomic E-state index is 0.199. The Bertz CT molecular complexity index is 1300. The first kappa shape index (κ1) is 22.8. The van der Waals surface area contributed by atoms with Crippen LogP contribution in [0.1, 0.15) is 29.0 Å². The Kier molecular flexibility index (Phi) is 6.96. The average molecular weight is 522 g/mol. The molecule has 1 atom stereocenters. The molecule has 0 saturated carbocycles. The van der Waals surface area contributed by atoms with Gasteiger partial charge in [-0.2, -0.15) is 0 Å². The van der Waals surface area contributed by atoms with Gasteiger partial charge in [-0.3, -0.25) is 0 Å². The van der Waals surface area contributed by atoms with Gasteiger partial charge < -0.3 is 10.1 Å². The van der Waals surface area contributed by atoms with E-state index >= 15 is 0 Å². The molecule has 1 heterocycles. The lowest BCUT2D eigenvalue weighted by Gasteiger charge is -2.20. The molecule has 6 nitrogen and oxygen atoms in total. The van der Waals surface area contributed by atoms with E-state index in [2.05, 4.69) is 39.0 Å². The Morgan fingerprint density at radius 2 is 1.67 bits per heavy atom. The largest absolute Gasteiger partial charge is 0.422 e. The molecular weight excluding hydrogens is 502 g/mol. The van der Waals surface area contributed by atoms with E-state index in [4.69, 9.17) is 4.74 Å². The van der Waals surface area contributed by atoms with Crippen molar-refractivity contribution in [2.45, 2.75) is 13.0 Å². The van der Waals surface area contributed by atoms with Crippen LogP contribution in [-0.2, 0) is 0 Å². The minimum Gasteiger partial charge on any atom is -0.422 e. The van der Waals surface area contributed by atoms with E-state index in [0.29, 0.717) is 11.4 Å². The summed E-state index contributed by atoms with van der Waals surface area (Å²) in [7, 11) is 0. The van der Waals surface area contributed by atoms with E-state index in [0.717, 1.165) is 20.8 Å². The summed E-state index contributed by atoms with van der Waals surface area (Å²) in [4.78, 5) is 29.2. The molecule has 0 fully saturated rings. The molecular formula is C25H20BrN3O3S. The molecule has 0 radical (unpaired) electrons. The summed E-state index contributed by atoms with van der Waals surface area (Å²) >= 11 is 7.71. The van der Waals surface area contributed by atoms with Gasteiger partial charge in [-0.05, 0) is 60.3 Å². The van der Waals surface area contributed by atoms with Crippen molar-refractivity contribution in [3.63, 3.8) is 0 Å². The second-order valence-electron chi connectivity index (χ2n) is 7.33. The molecule has 3 aromatic carbocycles. The van der Waals surface area contributed by atoms with E-state index in [-0.39, 0.29) is 17.8 Å². The molecule has 2 amide bonds. The number of thiol groups is 1. The minimum atomic E-state index is -0.558. The molecule has 166 valence electrons. The number of anilines is 1. The number of pyridine rings is 1. The fourth-order valence-electron chi connectivity index (χ4n) is 3.21. The van der Waals surface area contributed by atoms with Crippen LogP contribution in [0.25, 0.3) is 10.8 Å². The third-order valence-electron chi connectivity index (χ3n) is 5.03. The summed E-state index contributed by atoms with van der Waals surface area (Å²) in [6.07, 6.45) is 1.64. The monoisotopic (exact) mass is 521 g/mol. The summed E-state index contributed by atoms with van der Waals surface area (Å²) in [5.41, 5.74) is 1.72. The van der Waals surface area contributed by atoms with Gasteiger partial charge in [-0.25, -0.2) is 18.9 Å². The SMILES string of the molecule is CC(NC(=O)N(S)c1ccc(OC(=O)c2cc3ccccc3cn2)cc1)c1ccc(Br)cc1. The number of hydrogen-bond acceptors (Lipinski definition) is 5. The van der Waals surface area contributed by atoms with Gasteiger partial charge in [0.15, 0.2) is 0 Å². The first-order valence-electron chi connectivity index (χ1n) is 10.1. The zero-order valence-corrected chi connectivity index (χ0v) is 20.1. The molecule has 1 aromatic heterocycles. The van der Waals surface area contributed by atoms with Crippen LogP contribution in [0.3, 0.4) is 0 Å². The van der Waals surface area contributed by atoms with E-state index in [1.165, 1.54) is 4.31 Å². The van der Waals surface area contributed by atoms with Gasteiger partial charge in [0, 0.05) is 16.1 Å². The maximum absolute atomic E-state index is 12.6. The Morgan fingerprint density at radius 1 is 1.00 bits per heavy atom. The van der Waals surface area contributed by atoms with Gasteiger partial charge in [0.2, 0.25) is 0 Å². The maximum atomic E-state index is 12.6. The molecule has 4 rings (SSSR count). The number of halogens is 1. The van der Waals surface area contributed by atoms with Crippen molar-refractivity contribution in [3.8, 4) is 5.75 Å². The number of rotatable bonds is 5. The number of fused-ring (bicyclic) bond motifs is 1. The molecule has 4 aromatic rings. The van der Waals surface area contributed by atoms with Crippen LogP contribution >= 0.6 is 28.7 Å². The first-order chi connectivity index (χ1) is 15.9. The van der Waals surface area contributed by atoms with Crippen LogP contribution in [-0.4, -0.2) is 17.0 Å². The van der Waals surface area contributed by atoms with Crippen LogP contribution in [0.15, 0.2) is 89.5 Å². The third kappa shape index (κ3) is 5.53. The van der Waals surface area contributed by atoms with Gasteiger partial charge in [-0.15, -0.1) is 0 Å². The predicted octanol–water partition coefficient (Wildman–Crippen LogP) is 6.34. The standard InChI is InChI=1S/C25H20BrN3O3S/c1-16(17-6-8-20(26)9-7-17)28-25(31)29(33)21-10-12-22(13-11-21)32-24(30)23-14-18-4-2-3-5-19(18)15-27-23/h2-16,33H,1H3,(H,28,31). The number of esters is 1. The normalized spacial score (nSPS) is 11.6. The van der Waals surface area contributed by atoms with Crippen LogP contribution in [0.4, 0.5) is 10.5 Å². The average Bonchev–Trinajstić information content (AvgIpc) is 2.84. The molecule has 0 aliphatic carbocycles. The molecule has 33 heavy (non-hydrogen) atoms. The highest BCUT2D eigenvalue weighted by Crippen LogP contribution is 2.23. The molecule has 0 bridgehead atoms. The zero-order valence-electron chi connectivity index (χ0n) is 17.6. The smallest absolute Gasteiger partial charge is 0.362 e. The molecule has 0 saturated heterocycles. The van der Waals surface area contributed by atoms with Gasteiger partial charge in [0.1, 0.15) is 11.4 Å². The highest BCUT2D eigenvalue weighted by molar-refractivity contribution is 9.10. The summed E-state index contributed by atoms with van der Waals surface area (Å²) in [5.74, 6) is -0.221. The second kappa shape index (κ2) is 10.1. The van der Waals surface area contributed by atoms with Crippen molar-refractivity contribution in [1.82, 2.24) is 10.3 Å². The summed E-state index contributed by atoms with van der Waals surface area (Å²) < 4.78 is 7.60. The number of carbonyl (C=O) groups excluding carboxylic acids is 2. The molecule has 1 N–H and O–H groups in total. The van der Waals surface area contributed by atoms with Crippen LogP contribution < -0.4 is 14.4 Å². The molecule has 0 spiro atoms. The van der Waals surface area contributed by atoms with Gasteiger partial charge in [0.25, 0.3) is 0 Å². The quantitative estimate of drug-likeness (QED) is 0.182. The third-order valence-corrected chi connectivity index (χ3v) is 5.98.